The van der Waals surface area contributed by atoms with Gasteiger partial charge in [0.2, 0.25) is 11.8 Å². The minimum atomic E-state index is -0.368. The number of amides is 2. The molecule has 1 saturated heterocycles. The molecule has 20 heavy (non-hydrogen) atoms. The maximum Gasteiger partial charge on any atom is 0.242 e. The van der Waals surface area contributed by atoms with Gasteiger partial charge in [0.1, 0.15) is 6.04 Å². The van der Waals surface area contributed by atoms with Crippen LogP contribution < -0.4 is 10.6 Å². The molecule has 1 aliphatic rings. The highest BCUT2D eigenvalue weighted by atomic mass is 16.2. The highest BCUT2D eigenvalue weighted by molar-refractivity contribution is 5.87. The summed E-state index contributed by atoms with van der Waals surface area (Å²) in [5.74, 6) is 0.0525. The van der Waals surface area contributed by atoms with Crippen molar-refractivity contribution in [2.75, 3.05) is 6.54 Å². The molecule has 2 amide bonds. The van der Waals surface area contributed by atoms with Crippen LogP contribution in [0.2, 0.25) is 0 Å². The number of carbonyl (C=O) groups is 2. The van der Waals surface area contributed by atoms with Crippen molar-refractivity contribution in [1.82, 2.24) is 10.6 Å². The maximum absolute atomic E-state index is 12.1. The molecule has 1 aliphatic heterocycles. The van der Waals surface area contributed by atoms with Gasteiger partial charge in [0.25, 0.3) is 0 Å². The molecule has 1 aromatic rings. The first-order valence-electron chi connectivity index (χ1n) is 7.29. The second-order valence-electron chi connectivity index (χ2n) is 5.42. The van der Waals surface area contributed by atoms with Crippen molar-refractivity contribution in [3.05, 3.63) is 35.9 Å². The standard InChI is InChI=1S/C16H22N2O2/c1-12(13-7-3-2-4-8-13)11-15(19)18-14-9-5-6-10-17-16(14)20/h2-4,7-8,12,14H,5-6,9-11H2,1H3,(H,17,20)(H,18,19)/t12-,14-/m0/s1. The molecule has 2 N–H and O–H groups in total. The van der Waals surface area contributed by atoms with E-state index in [1.54, 1.807) is 0 Å². The Balaban J connectivity index is 1.87. The van der Waals surface area contributed by atoms with E-state index in [-0.39, 0.29) is 23.8 Å². The van der Waals surface area contributed by atoms with Crippen LogP contribution in [0.25, 0.3) is 0 Å². The summed E-state index contributed by atoms with van der Waals surface area (Å²) >= 11 is 0. The summed E-state index contributed by atoms with van der Waals surface area (Å²) in [6.07, 6.45) is 3.10. The van der Waals surface area contributed by atoms with Gasteiger partial charge in [-0.3, -0.25) is 9.59 Å². The fourth-order valence-electron chi connectivity index (χ4n) is 2.51. The SMILES string of the molecule is C[C@@H](CC(=O)N[C@H]1CCCCNC1=O)c1ccccc1. The molecule has 108 valence electrons. The number of benzene rings is 1. The molecule has 0 bridgehead atoms. The molecule has 4 heteroatoms. The first-order chi connectivity index (χ1) is 9.66. The zero-order chi connectivity index (χ0) is 14.4. The van der Waals surface area contributed by atoms with Gasteiger partial charge in [-0.2, -0.15) is 0 Å². The van der Waals surface area contributed by atoms with Gasteiger partial charge in [-0.25, -0.2) is 0 Å². The number of hydrogen-bond donors (Lipinski definition) is 2. The summed E-state index contributed by atoms with van der Waals surface area (Å²) < 4.78 is 0. The summed E-state index contributed by atoms with van der Waals surface area (Å²) in [6.45, 7) is 2.74. The molecular formula is C16H22N2O2. The summed E-state index contributed by atoms with van der Waals surface area (Å²) in [5.41, 5.74) is 1.15. The molecule has 0 spiro atoms. The van der Waals surface area contributed by atoms with Crippen LogP contribution in [-0.4, -0.2) is 24.4 Å². The molecule has 2 rings (SSSR count). The van der Waals surface area contributed by atoms with Crippen LogP contribution >= 0.6 is 0 Å². The molecule has 4 nitrogen and oxygen atoms in total. The lowest BCUT2D eigenvalue weighted by Gasteiger charge is -2.17. The minimum Gasteiger partial charge on any atom is -0.354 e. The normalized spacial score (nSPS) is 20.6. The van der Waals surface area contributed by atoms with Crippen molar-refractivity contribution >= 4 is 11.8 Å². The number of rotatable bonds is 4. The predicted molar refractivity (Wildman–Crippen MR) is 78.3 cm³/mol. The number of nitrogens with one attached hydrogen (secondary N) is 2. The van der Waals surface area contributed by atoms with E-state index in [1.807, 2.05) is 37.3 Å². The van der Waals surface area contributed by atoms with E-state index in [4.69, 9.17) is 0 Å². The van der Waals surface area contributed by atoms with Gasteiger partial charge in [-0.1, -0.05) is 37.3 Å². The maximum atomic E-state index is 12.1. The van der Waals surface area contributed by atoms with E-state index >= 15 is 0 Å². The van der Waals surface area contributed by atoms with Crippen LogP contribution in [0.3, 0.4) is 0 Å². The Morgan fingerprint density at radius 3 is 2.85 bits per heavy atom. The van der Waals surface area contributed by atoms with E-state index in [1.165, 1.54) is 0 Å². The highest BCUT2D eigenvalue weighted by Gasteiger charge is 2.23. The van der Waals surface area contributed by atoms with Gasteiger partial charge in [-0.15, -0.1) is 0 Å². The van der Waals surface area contributed by atoms with Gasteiger partial charge >= 0.3 is 0 Å². The molecular weight excluding hydrogens is 252 g/mol. The monoisotopic (exact) mass is 274 g/mol. The lowest BCUT2D eigenvalue weighted by molar-refractivity contribution is -0.129. The molecule has 1 fully saturated rings. The topological polar surface area (TPSA) is 58.2 Å². The molecule has 0 aromatic heterocycles. The second kappa shape index (κ2) is 7.08. The second-order valence-corrected chi connectivity index (χ2v) is 5.42. The average Bonchev–Trinajstić information content (AvgIpc) is 2.65. The zero-order valence-electron chi connectivity index (χ0n) is 11.9. The van der Waals surface area contributed by atoms with E-state index < -0.39 is 0 Å². The van der Waals surface area contributed by atoms with Crippen molar-refractivity contribution in [2.45, 2.75) is 44.6 Å². The van der Waals surface area contributed by atoms with Crippen LogP contribution in [0, 0.1) is 0 Å². The molecule has 2 atom stereocenters. The highest BCUT2D eigenvalue weighted by Crippen LogP contribution is 2.18. The van der Waals surface area contributed by atoms with Gasteiger partial charge < -0.3 is 10.6 Å². The molecule has 0 radical (unpaired) electrons. The van der Waals surface area contributed by atoms with Crippen molar-refractivity contribution in [2.24, 2.45) is 0 Å². The van der Waals surface area contributed by atoms with Crippen molar-refractivity contribution in [3.63, 3.8) is 0 Å². The quantitative estimate of drug-likeness (QED) is 0.882. The molecule has 0 saturated carbocycles. The van der Waals surface area contributed by atoms with Crippen LogP contribution in [0.1, 0.15) is 44.1 Å². The third-order valence-corrected chi connectivity index (χ3v) is 3.73. The zero-order valence-corrected chi connectivity index (χ0v) is 11.9. The van der Waals surface area contributed by atoms with E-state index in [2.05, 4.69) is 10.6 Å². The van der Waals surface area contributed by atoms with E-state index in [9.17, 15) is 9.59 Å². The smallest absolute Gasteiger partial charge is 0.242 e. The van der Waals surface area contributed by atoms with E-state index in [0.29, 0.717) is 13.0 Å². The fourth-order valence-corrected chi connectivity index (χ4v) is 2.51. The third-order valence-electron chi connectivity index (χ3n) is 3.73. The van der Waals surface area contributed by atoms with Crippen molar-refractivity contribution in [3.8, 4) is 0 Å². The van der Waals surface area contributed by atoms with Crippen LogP contribution in [0.4, 0.5) is 0 Å². The summed E-state index contributed by atoms with van der Waals surface area (Å²) in [6, 6.07) is 9.59. The first kappa shape index (κ1) is 14.6. The molecule has 1 aromatic carbocycles. The largest absolute Gasteiger partial charge is 0.354 e. The Morgan fingerprint density at radius 2 is 2.10 bits per heavy atom. The summed E-state index contributed by atoms with van der Waals surface area (Å²) in [4.78, 5) is 23.8. The predicted octanol–water partition coefficient (Wildman–Crippen LogP) is 1.97. The Morgan fingerprint density at radius 1 is 1.35 bits per heavy atom. The molecule has 1 heterocycles. The lowest BCUT2D eigenvalue weighted by Crippen LogP contribution is -2.45. The summed E-state index contributed by atoms with van der Waals surface area (Å²) in [5, 5.41) is 5.69. The van der Waals surface area contributed by atoms with Crippen molar-refractivity contribution in [1.29, 1.82) is 0 Å². The Kier molecular flexibility index (Phi) is 5.16. The van der Waals surface area contributed by atoms with Crippen molar-refractivity contribution < 1.29 is 9.59 Å². The van der Waals surface area contributed by atoms with Gasteiger partial charge in [0.05, 0.1) is 0 Å². The Labute approximate surface area is 119 Å². The van der Waals surface area contributed by atoms with Gasteiger partial charge in [0, 0.05) is 13.0 Å². The lowest BCUT2D eigenvalue weighted by atomic mass is 9.97. The third kappa shape index (κ3) is 4.08. The van der Waals surface area contributed by atoms with Gasteiger partial charge in [0.15, 0.2) is 0 Å². The average molecular weight is 274 g/mol. The summed E-state index contributed by atoms with van der Waals surface area (Å²) in [7, 11) is 0. The first-order valence-corrected chi connectivity index (χ1v) is 7.29. The van der Waals surface area contributed by atoms with E-state index in [0.717, 1.165) is 24.8 Å². The van der Waals surface area contributed by atoms with Crippen LogP contribution in [0.5, 0.6) is 0 Å². The fraction of sp³-hybridized carbons (Fsp3) is 0.500. The number of hydrogen-bond acceptors (Lipinski definition) is 2. The van der Waals surface area contributed by atoms with Crippen LogP contribution in [0.15, 0.2) is 30.3 Å². The number of carbonyl (C=O) groups excluding carboxylic acids is 2. The molecule has 0 aliphatic carbocycles. The molecule has 0 unspecified atom stereocenters. The van der Waals surface area contributed by atoms with Gasteiger partial charge in [-0.05, 0) is 30.7 Å². The van der Waals surface area contributed by atoms with Crippen LogP contribution in [-0.2, 0) is 9.59 Å². The Hall–Kier alpha value is -1.84. The minimum absolute atomic E-state index is 0.0524. The Bertz CT molecular complexity index is 459.